The summed E-state index contributed by atoms with van der Waals surface area (Å²) in [5.41, 5.74) is 0.303. The Labute approximate surface area is 149 Å². The van der Waals surface area contributed by atoms with Crippen molar-refractivity contribution in [2.45, 2.75) is 43.0 Å². The number of benzene rings is 1. The standard InChI is InChI=1S/C17H27N3O4S/c1-18-10-5-11-19-17(21)13-8-9-15(24-2)16(12-13)25(22,23)20-14-6-3-4-7-14/h8-9,12,14,18,20H,3-7,10-11H2,1-2H3,(H,19,21). The molecule has 0 unspecified atom stereocenters. The molecule has 0 aliphatic heterocycles. The van der Waals surface area contributed by atoms with Crippen molar-refractivity contribution in [1.82, 2.24) is 15.4 Å². The third-order valence-corrected chi connectivity index (χ3v) is 5.82. The Morgan fingerprint density at radius 3 is 2.60 bits per heavy atom. The lowest BCUT2D eigenvalue weighted by atomic mass is 10.2. The lowest BCUT2D eigenvalue weighted by Crippen LogP contribution is -2.33. The fraction of sp³-hybridized carbons (Fsp3) is 0.588. The zero-order chi connectivity index (χ0) is 18.3. The van der Waals surface area contributed by atoms with Gasteiger partial charge in [-0.1, -0.05) is 12.8 Å². The molecule has 0 atom stereocenters. The van der Waals surface area contributed by atoms with Crippen molar-refractivity contribution in [2.24, 2.45) is 0 Å². The van der Waals surface area contributed by atoms with Crippen LogP contribution in [0.5, 0.6) is 5.75 Å². The first-order valence-corrected chi connectivity index (χ1v) is 10.1. The van der Waals surface area contributed by atoms with Crippen LogP contribution in [0.2, 0.25) is 0 Å². The predicted octanol–water partition coefficient (Wildman–Crippen LogP) is 1.26. The van der Waals surface area contributed by atoms with E-state index in [2.05, 4.69) is 15.4 Å². The van der Waals surface area contributed by atoms with Crippen LogP contribution in [0.1, 0.15) is 42.5 Å². The molecule has 1 amide bonds. The minimum atomic E-state index is -3.74. The Kier molecular flexibility index (Phi) is 7.22. The van der Waals surface area contributed by atoms with Gasteiger partial charge in [-0.3, -0.25) is 4.79 Å². The van der Waals surface area contributed by atoms with Crippen LogP contribution < -0.4 is 20.1 Å². The van der Waals surface area contributed by atoms with E-state index in [1.807, 2.05) is 7.05 Å². The first kappa shape index (κ1) is 19.7. The quantitative estimate of drug-likeness (QED) is 0.570. The first-order chi connectivity index (χ1) is 12.0. The lowest BCUT2D eigenvalue weighted by Gasteiger charge is -2.15. The van der Waals surface area contributed by atoms with Crippen LogP contribution in [0, 0.1) is 0 Å². The normalized spacial score (nSPS) is 15.3. The van der Waals surface area contributed by atoms with Crippen LogP contribution >= 0.6 is 0 Å². The summed E-state index contributed by atoms with van der Waals surface area (Å²) in [6, 6.07) is 4.42. The van der Waals surface area contributed by atoms with Crippen LogP contribution in [0.25, 0.3) is 0 Å². The van der Waals surface area contributed by atoms with Crippen molar-refractivity contribution in [3.63, 3.8) is 0 Å². The van der Waals surface area contributed by atoms with E-state index < -0.39 is 10.0 Å². The van der Waals surface area contributed by atoms with E-state index in [-0.39, 0.29) is 22.6 Å². The molecule has 0 aromatic heterocycles. The van der Waals surface area contributed by atoms with Gasteiger partial charge < -0.3 is 15.4 Å². The largest absolute Gasteiger partial charge is 0.495 e. The zero-order valence-electron chi connectivity index (χ0n) is 14.8. The molecule has 1 aromatic rings. The molecule has 1 aliphatic rings. The summed E-state index contributed by atoms with van der Waals surface area (Å²) in [7, 11) is -0.472. The molecule has 2 rings (SSSR count). The van der Waals surface area contributed by atoms with Gasteiger partial charge in [-0.05, 0) is 51.1 Å². The van der Waals surface area contributed by atoms with Gasteiger partial charge in [-0.15, -0.1) is 0 Å². The number of methoxy groups -OCH3 is 1. The molecule has 1 aliphatic carbocycles. The fourth-order valence-corrected chi connectivity index (χ4v) is 4.42. The molecular formula is C17H27N3O4S. The van der Waals surface area contributed by atoms with E-state index in [1.54, 1.807) is 6.07 Å². The highest BCUT2D eigenvalue weighted by molar-refractivity contribution is 7.89. The van der Waals surface area contributed by atoms with Crippen molar-refractivity contribution in [2.75, 3.05) is 27.2 Å². The summed E-state index contributed by atoms with van der Waals surface area (Å²) in [6.07, 6.45) is 4.53. The number of hydrogen-bond donors (Lipinski definition) is 3. The maximum absolute atomic E-state index is 12.7. The molecular weight excluding hydrogens is 342 g/mol. The Bertz CT molecular complexity index is 685. The SMILES string of the molecule is CNCCCNC(=O)c1ccc(OC)c(S(=O)(=O)NC2CCCC2)c1. The predicted molar refractivity (Wildman–Crippen MR) is 96.4 cm³/mol. The van der Waals surface area contributed by atoms with Gasteiger partial charge in [0.2, 0.25) is 10.0 Å². The van der Waals surface area contributed by atoms with Gasteiger partial charge in [0.1, 0.15) is 10.6 Å². The van der Waals surface area contributed by atoms with Gasteiger partial charge in [-0.2, -0.15) is 0 Å². The highest BCUT2D eigenvalue weighted by atomic mass is 32.2. The van der Waals surface area contributed by atoms with Crippen molar-refractivity contribution in [3.8, 4) is 5.75 Å². The second-order valence-electron chi connectivity index (χ2n) is 6.18. The number of ether oxygens (including phenoxy) is 1. The Morgan fingerprint density at radius 2 is 1.96 bits per heavy atom. The Morgan fingerprint density at radius 1 is 1.24 bits per heavy atom. The number of nitrogens with one attached hydrogen (secondary N) is 3. The maximum Gasteiger partial charge on any atom is 0.251 e. The highest BCUT2D eigenvalue weighted by Crippen LogP contribution is 2.27. The molecule has 0 saturated heterocycles. The van der Waals surface area contributed by atoms with E-state index in [4.69, 9.17) is 4.74 Å². The molecule has 7 nitrogen and oxygen atoms in total. The van der Waals surface area contributed by atoms with E-state index >= 15 is 0 Å². The smallest absolute Gasteiger partial charge is 0.251 e. The maximum atomic E-state index is 12.7. The molecule has 0 radical (unpaired) electrons. The van der Waals surface area contributed by atoms with Gasteiger partial charge in [0.05, 0.1) is 7.11 Å². The minimum Gasteiger partial charge on any atom is -0.495 e. The van der Waals surface area contributed by atoms with E-state index in [1.165, 1.54) is 19.2 Å². The van der Waals surface area contributed by atoms with Gasteiger partial charge in [0.25, 0.3) is 5.91 Å². The number of carbonyl (C=O) groups excluding carboxylic acids is 1. The summed E-state index contributed by atoms with van der Waals surface area (Å²) in [5.74, 6) is -0.0618. The summed E-state index contributed by atoms with van der Waals surface area (Å²) in [4.78, 5) is 12.2. The van der Waals surface area contributed by atoms with Crippen LogP contribution in [0.15, 0.2) is 23.1 Å². The molecule has 0 bridgehead atoms. The average Bonchev–Trinajstić information content (AvgIpc) is 3.10. The number of rotatable bonds is 9. The van der Waals surface area contributed by atoms with E-state index in [9.17, 15) is 13.2 Å². The minimum absolute atomic E-state index is 0.00442. The van der Waals surface area contributed by atoms with E-state index in [0.717, 1.165) is 38.6 Å². The van der Waals surface area contributed by atoms with Gasteiger partial charge in [-0.25, -0.2) is 13.1 Å². The molecule has 140 valence electrons. The zero-order valence-corrected chi connectivity index (χ0v) is 15.6. The summed E-state index contributed by atoms with van der Waals surface area (Å²) in [5, 5.41) is 5.79. The van der Waals surface area contributed by atoms with E-state index in [0.29, 0.717) is 12.1 Å². The van der Waals surface area contributed by atoms with Crippen LogP contribution in [0.3, 0.4) is 0 Å². The fourth-order valence-electron chi connectivity index (χ4n) is 2.92. The number of carbonyl (C=O) groups is 1. The summed E-state index contributed by atoms with van der Waals surface area (Å²) in [6.45, 7) is 1.32. The van der Waals surface area contributed by atoms with Gasteiger partial charge >= 0.3 is 0 Å². The third-order valence-electron chi connectivity index (χ3n) is 4.28. The average molecular weight is 369 g/mol. The number of sulfonamides is 1. The van der Waals surface area contributed by atoms with Crippen LogP contribution in [-0.4, -0.2) is 47.6 Å². The monoisotopic (exact) mass is 369 g/mol. The van der Waals surface area contributed by atoms with Crippen LogP contribution in [0.4, 0.5) is 0 Å². The van der Waals surface area contributed by atoms with Gasteiger partial charge in [0.15, 0.2) is 0 Å². The molecule has 8 heteroatoms. The van der Waals surface area contributed by atoms with Crippen LogP contribution in [-0.2, 0) is 10.0 Å². The van der Waals surface area contributed by atoms with Crippen molar-refractivity contribution in [1.29, 1.82) is 0 Å². The molecule has 0 heterocycles. The number of amides is 1. The molecule has 3 N–H and O–H groups in total. The Balaban J connectivity index is 2.16. The van der Waals surface area contributed by atoms with Crippen molar-refractivity contribution >= 4 is 15.9 Å². The molecule has 0 spiro atoms. The first-order valence-electron chi connectivity index (χ1n) is 8.61. The van der Waals surface area contributed by atoms with Crippen molar-refractivity contribution in [3.05, 3.63) is 23.8 Å². The highest BCUT2D eigenvalue weighted by Gasteiger charge is 2.26. The lowest BCUT2D eigenvalue weighted by molar-refractivity contribution is 0.0953. The Hall–Kier alpha value is -1.64. The second-order valence-corrected chi connectivity index (χ2v) is 7.86. The molecule has 1 aromatic carbocycles. The third kappa shape index (κ3) is 5.42. The van der Waals surface area contributed by atoms with Crippen molar-refractivity contribution < 1.29 is 17.9 Å². The second kappa shape index (κ2) is 9.17. The molecule has 1 saturated carbocycles. The summed E-state index contributed by atoms with van der Waals surface area (Å²) < 4.78 is 33.3. The van der Waals surface area contributed by atoms with Gasteiger partial charge in [0, 0.05) is 18.2 Å². The molecule has 1 fully saturated rings. The topological polar surface area (TPSA) is 96.5 Å². The number of hydrogen-bond acceptors (Lipinski definition) is 5. The molecule has 25 heavy (non-hydrogen) atoms. The summed E-state index contributed by atoms with van der Waals surface area (Å²) >= 11 is 0.